The summed E-state index contributed by atoms with van der Waals surface area (Å²) in [5.41, 5.74) is 1.65. The van der Waals surface area contributed by atoms with Gasteiger partial charge < -0.3 is 21.1 Å². The van der Waals surface area contributed by atoms with E-state index in [1.54, 1.807) is 24.3 Å². The van der Waals surface area contributed by atoms with Crippen LogP contribution in [0.5, 0.6) is 5.75 Å². The molecule has 25 heavy (non-hydrogen) atoms. The minimum atomic E-state index is -0.574. The topological polar surface area (TPSA) is 114 Å². The molecule has 0 aromatic heterocycles. The Balaban J connectivity index is 2.01. The van der Waals surface area contributed by atoms with Crippen LogP contribution in [0.2, 0.25) is 0 Å². The van der Waals surface area contributed by atoms with E-state index in [1.165, 1.54) is 37.4 Å². The fourth-order valence-electron chi connectivity index (χ4n) is 1.90. The summed E-state index contributed by atoms with van der Waals surface area (Å²) in [6.07, 6.45) is 1.29. The molecule has 0 fully saturated rings. The van der Waals surface area contributed by atoms with Crippen molar-refractivity contribution < 1.29 is 14.7 Å². The number of benzene rings is 2. The highest BCUT2D eigenvalue weighted by molar-refractivity contribution is 6.06. The van der Waals surface area contributed by atoms with Gasteiger partial charge >= 0.3 is 0 Å². The minimum absolute atomic E-state index is 0.0819. The molecule has 0 heterocycles. The van der Waals surface area contributed by atoms with Gasteiger partial charge in [0.2, 0.25) is 5.91 Å². The lowest BCUT2D eigenvalue weighted by molar-refractivity contribution is -0.114. The molecule has 2 aromatic rings. The van der Waals surface area contributed by atoms with Crippen LogP contribution in [0.4, 0.5) is 17.1 Å². The number of amides is 2. The third kappa shape index (κ3) is 5.41. The number of nitrogens with one attached hydrogen (secondary N) is 3. The number of carbonyl (C=O) groups is 2. The van der Waals surface area contributed by atoms with E-state index in [0.29, 0.717) is 17.1 Å². The molecule has 0 spiro atoms. The van der Waals surface area contributed by atoms with Crippen LogP contribution in [0.3, 0.4) is 0 Å². The number of nitriles is 1. The molecule has 0 radical (unpaired) electrons. The Labute approximate surface area is 144 Å². The molecule has 0 unspecified atom stereocenters. The van der Waals surface area contributed by atoms with E-state index in [4.69, 9.17) is 5.26 Å². The number of anilines is 3. The van der Waals surface area contributed by atoms with Crippen LogP contribution >= 0.6 is 0 Å². The van der Waals surface area contributed by atoms with E-state index in [2.05, 4.69) is 16.0 Å². The Kier molecular flexibility index (Phi) is 5.74. The zero-order valence-electron chi connectivity index (χ0n) is 13.4. The van der Waals surface area contributed by atoms with Crippen LogP contribution in [0.1, 0.15) is 6.92 Å². The number of rotatable bonds is 5. The molecule has 7 nitrogen and oxygen atoms in total. The molecular formula is C18H16N4O3. The minimum Gasteiger partial charge on any atom is -0.508 e. The van der Waals surface area contributed by atoms with Crippen molar-refractivity contribution in [3.05, 3.63) is 60.3 Å². The van der Waals surface area contributed by atoms with Gasteiger partial charge in [-0.15, -0.1) is 0 Å². The first-order valence-electron chi connectivity index (χ1n) is 7.33. The zero-order chi connectivity index (χ0) is 18.2. The molecule has 0 bridgehead atoms. The lowest BCUT2D eigenvalue weighted by Gasteiger charge is -2.06. The van der Waals surface area contributed by atoms with Gasteiger partial charge in [0, 0.05) is 30.2 Å². The van der Waals surface area contributed by atoms with Gasteiger partial charge in [-0.05, 0) is 48.5 Å². The first kappa shape index (κ1) is 17.6. The molecule has 2 aromatic carbocycles. The second-order valence-corrected chi connectivity index (χ2v) is 5.07. The fourth-order valence-corrected chi connectivity index (χ4v) is 1.90. The number of hydrogen-bond donors (Lipinski definition) is 4. The van der Waals surface area contributed by atoms with E-state index in [9.17, 15) is 14.7 Å². The molecule has 126 valence electrons. The zero-order valence-corrected chi connectivity index (χ0v) is 13.4. The average molecular weight is 336 g/mol. The quantitative estimate of drug-likeness (QED) is 0.381. The van der Waals surface area contributed by atoms with Gasteiger partial charge in [-0.2, -0.15) is 5.26 Å². The van der Waals surface area contributed by atoms with Crippen molar-refractivity contribution in [1.82, 2.24) is 0 Å². The molecular weight excluding hydrogens is 320 g/mol. The summed E-state index contributed by atoms with van der Waals surface area (Å²) in [4.78, 5) is 23.0. The maximum Gasteiger partial charge on any atom is 0.267 e. The van der Waals surface area contributed by atoms with Gasteiger partial charge in [0.25, 0.3) is 5.91 Å². The third-order valence-electron chi connectivity index (χ3n) is 3.08. The average Bonchev–Trinajstić information content (AvgIpc) is 2.58. The third-order valence-corrected chi connectivity index (χ3v) is 3.08. The number of aromatic hydroxyl groups is 1. The lowest BCUT2D eigenvalue weighted by atomic mass is 10.2. The van der Waals surface area contributed by atoms with Gasteiger partial charge in [0.1, 0.15) is 17.4 Å². The molecule has 0 saturated carbocycles. The van der Waals surface area contributed by atoms with Gasteiger partial charge in [-0.25, -0.2) is 0 Å². The van der Waals surface area contributed by atoms with Crippen LogP contribution in [0.25, 0.3) is 0 Å². The predicted octanol–water partition coefficient (Wildman–Crippen LogP) is 2.81. The van der Waals surface area contributed by atoms with Gasteiger partial charge in [0.05, 0.1) is 0 Å². The van der Waals surface area contributed by atoms with Crippen molar-refractivity contribution in [1.29, 1.82) is 5.26 Å². The summed E-state index contributed by atoms with van der Waals surface area (Å²) in [7, 11) is 0. The van der Waals surface area contributed by atoms with E-state index in [1.807, 2.05) is 6.07 Å². The molecule has 2 amide bonds. The summed E-state index contributed by atoms with van der Waals surface area (Å²) >= 11 is 0. The second kappa shape index (κ2) is 8.17. The Hall–Kier alpha value is -3.79. The van der Waals surface area contributed by atoms with Crippen molar-refractivity contribution in [2.75, 3.05) is 16.0 Å². The van der Waals surface area contributed by atoms with Gasteiger partial charge in [-0.3, -0.25) is 9.59 Å². The van der Waals surface area contributed by atoms with E-state index < -0.39 is 5.91 Å². The Morgan fingerprint density at radius 1 is 0.960 bits per heavy atom. The van der Waals surface area contributed by atoms with Crippen molar-refractivity contribution in [2.45, 2.75) is 6.92 Å². The molecule has 4 N–H and O–H groups in total. The fraction of sp³-hybridized carbons (Fsp3) is 0.0556. The van der Waals surface area contributed by atoms with Crippen LogP contribution in [0, 0.1) is 11.3 Å². The largest absolute Gasteiger partial charge is 0.508 e. The summed E-state index contributed by atoms with van der Waals surface area (Å²) in [6, 6.07) is 14.5. The first-order valence-corrected chi connectivity index (χ1v) is 7.33. The second-order valence-electron chi connectivity index (χ2n) is 5.07. The molecule has 0 aliphatic carbocycles. The molecule has 7 heteroatoms. The van der Waals surface area contributed by atoms with Gasteiger partial charge in [0.15, 0.2) is 0 Å². The van der Waals surface area contributed by atoms with Crippen LogP contribution in [-0.4, -0.2) is 16.9 Å². The van der Waals surface area contributed by atoms with Crippen LogP contribution in [0.15, 0.2) is 60.3 Å². The highest BCUT2D eigenvalue weighted by Gasteiger charge is 2.09. The van der Waals surface area contributed by atoms with E-state index in [0.717, 1.165) is 0 Å². The Bertz CT molecular complexity index is 834. The van der Waals surface area contributed by atoms with Gasteiger partial charge in [-0.1, -0.05) is 0 Å². The Morgan fingerprint density at radius 2 is 1.48 bits per heavy atom. The first-order chi connectivity index (χ1) is 12.0. The molecule has 0 aliphatic heterocycles. The summed E-state index contributed by atoms with van der Waals surface area (Å²) in [6.45, 7) is 1.42. The van der Waals surface area contributed by atoms with Crippen LogP contribution in [-0.2, 0) is 9.59 Å². The highest BCUT2D eigenvalue weighted by Crippen LogP contribution is 2.16. The standard InChI is InChI=1S/C18H16N4O3/c1-12(23)21-15-4-2-14(3-5-15)20-11-13(10-19)18(25)22-16-6-8-17(24)9-7-16/h2-9,11,20,24H,1H3,(H,21,23)(H,22,25)/b13-11-. The summed E-state index contributed by atoms with van der Waals surface area (Å²) in [5, 5.41) is 26.4. The highest BCUT2D eigenvalue weighted by atomic mass is 16.3. The maximum absolute atomic E-state index is 12.1. The SMILES string of the molecule is CC(=O)Nc1ccc(N/C=C(/C#N)C(=O)Nc2ccc(O)cc2)cc1. The smallest absolute Gasteiger partial charge is 0.267 e. The predicted molar refractivity (Wildman–Crippen MR) is 94.8 cm³/mol. The van der Waals surface area contributed by atoms with Crippen molar-refractivity contribution >= 4 is 28.9 Å². The molecule has 0 atom stereocenters. The number of carbonyl (C=O) groups excluding carboxylic acids is 2. The summed E-state index contributed by atoms with van der Waals surface area (Å²) < 4.78 is 0. The number of hydrogen-bond acceptors (Lipinski definition) is 5. The monoisotopic (exact) mass is 336 g/mol. The Morgan fingerprint density at radius 3 is 2.04 bits per heavy atom. The number of phenols is 1. The van der Waals surface area contributed by atoms with Crippen molar-refractivity contribution in [3.8, 4) is 11.8 Å². The van der Waals surface area contributed by atoms with Crippen molar-refractivity contribution in [3.63, 3.8) is 0 Å². The van der Waals surface area contributed by atoms with E-state index in [-0.39, 0.29) is 17.2 Å². The van der Waals surface area contributed by atoms with E-state index >= 15 is 0 Å². The summed E-state index contributed by atoms with van der Waals surface area (Å²) in [5.74, 6) is -0.660. The normalized spacial score (nSPS) is 10.5. The number of nitrogens with zero attached hydrogens (tertiary/aromatic N) is 1. The number of phenolic OH excluding ortho intramolecular Hbond substituents is 1. The lowest BCUT2D eigenvalue weighted by Crippen LogP contribution is -2.14. The molecule has 0 aliphatic rings. The van der Waals surface area contributed by atoms with Crippen molar-refractivity contribution in [2.24, 2.45) is 0 Å². The maximum atomic E-state index is 12.1. The van der Waals surface area contributed by atoms with Crippen LogP contribution < -0.4 is 16.0 Å². The molecule has 2 rings (SSSR count). The molecule has 0 saturated heterocycles.